The minimum atomic E-state index is 0.710. The number of likely N-dealkylation sites (tertiary alicyclic amines) is 1. The molecule has 0 aromatic heterocycles. The summed E-state index contributed by atoms with van der Waals surface area (Å²) in [6.07, 6.45) is 2.67. The van der Waals surface area contributed by atoms with Crippen LogP contribution in [0.3, 0.4) is 0 Å². The molecule has 3 nitrogen and oxygen atoms in total. The van der Waals surface area contributed by atoms with Gasteiger partial charge in [-0.2, -0.15) is 0 Å². The Bertz CT molecular complexity index is 416. The standard InChI is InChI=1S/C16H27N3/c1-13-10-15(8-7-14(13)11-17-2)19(4)12-16-6-5-9-18(16)3/h7-8,10,16-17H,5-6,9,11-12H2,1-4H3. The van der Waals surface area contributed by atoms with Crippen LogP contribution in [-0.2, 0) is 6.54 Å². The number of benzene rings is 1. The molecule has 19 heavy (non-hydrogen) atoms. The third-order valence-corrected chi connectivity index (χ3v) is 4.29. The quantitative estimate of drug-likeness (QED) is 0.877. The maximum absolute atomic E-state index is 3.22. The molecular formula is C16H27N3. The summed E-state index contributed by atoms with van der Waals surface area (Å²) in [5, 5.41) is 3.22. The monoisotopic (exact) mass is 261 g/mol. The minimum Gasteiger partial charge on any atom is -0.373 e. The first-order valence-electron chi connectivity index (χ1n) is 7.27. The van der Waals surface area contributed by atoms with Crippen molar-refractivity contribution in [3.8, 4) is 0 Å². The minimum absolute atomic E-state index is 0.710. The summed E-state index contributed by atoms with van der Waals surface area (Å²) >= 11 is 0. The summed E-state index contributed by atoms with van der Waals surface area (Å²) in [7, 11) is 6.45. The Labute approximate surface area is 117 Å². The van der Waals surface area contributed by atoms with Gasteiger partial charge in [-0.25, -0.2) is 0 Å². The van der Waals surface area contributed by atoms with Gasteiger partial charge in [0.1, 0.15) is 0 Å². The van der Waals surface area contributed by atoms with E-state index in [2.05, 4.69) is 54.3 Å². The van der Waals surface area contributed by atoms with E-state index in [1.165, 1.54) is 36.2 Å². The molecule has 0 bridgehead atoms. The zero-order valence-electron chi connectivity index (χ0n) is 12.7. The molecule has 1 N–H and O–H groups in total. The first-order chi connectivity index (χ1) is 9.11. The summed E-state index contributed by atoms with van der Waals surface area (Å²) in [5.74, 6) is 0. The Morgan fingerprint density at radius 1 is 1.42 bits per heavy atom. The van der Waals surface area contributed by atoms with Gasteiger partial charge >= 0.3 is 0 Å². The lowest BCUT2D eigenvalue weighted by Crippen LogP contribution is -2.36. The van der Waals surface area contributed by atoms with E-state index in [1.807, 2.05) is 7.05 Å². The van der Waals surface area contributed by atoms with E-state index >= 15 is 0 Å². The van der Waals surface area contributed by atoms with Crippen molar-refractivity contribution >= 4 is 5.69 Å². The molecule has 1 fully saturated rings. The van der Waals surface area contributed by atoms with Gasteiger partial charge in [0.05, 0.1) is 0 Å². The molecule has 0 radical (unpaired) electrons. The molecule has 1 aliphatic heterocycles. The number of aryl methyl sites for hydroxylation is 1. The van der Waals surface area contributed by atoms with E-state index in [4.69, 9.17) is 0 Å². The summed E-state index contributed by atoms with van der Waals surface area (Å²) in [6.45, 7) is 5.52. The van der Waals surface area contributed by atoms with Crippen LogP contribution in [0.1, 0.15) is 24.0 Å². The molecular weight excluding hydrogens is 234 g/mol. The third-order valence-electron chi connectivity index (χ3n) is 4.29. The number of nitrogens with zero attached hydrogens (tertiary/aromatic N) is 2. The predicted octanol–water partition coefficient (Wildman–Crippen LogP) is 2.24. The van der Waals surface area contributed by atoms with Gasteiger partial charge in [0.15, 0.2) is 0 Å². The lowest BCUT2D eigenvalue weighted by Gasteiger charge is -2.27. The summed E-state index contributed by atoms with van der Waals surface area (Å²) in [4.78, 5) is 4.88. The molecule has 0 aliphatic carbocycles. The molecule has 3 heteroatoms. The molecule has 0 spiro atoms. The van der Waals surface area contributed by atoms with E-state index in [1.54, 1.807) is 0 Å². The Kier molecular flexibility index (Phi) is 4.83. The third kappa shape index (κ3) is 3.48. The molecule has 2 rings (SSSR count). The van der Waals surface area contributed by atoms with Crippen LogP contribution in [0.2, 0.25) is 0 Å². The number of hydrogen-bond donors (Lipinski definition) is 1. The van der Waals surface area contributed by atoms with Gasteiger partial charge in [-0.3, -0.25) is 0 Å². The maximum Gasteiger partial charge on any atom is 0.0367 e. The van der Waals surface area contributed by atoms with Gasteiger partial charge in [0, 0.05) is 31.9 Å². The van der Waals surface area contributed by atoms with Crippen LogP contribution in [-0.4, -0.2) is 45.2 Å². The number of nitrogens with one attached hydrogen (secondary N) is 1. The van der Waals surface area contributed by atoms with E-state index in [9.17, 15) is 0 Å². The summed E-state index contributed by atoms with van der Waals surface area (Å²) in [6, 6.07) is 7.51. The molecule has 0 amide bonds. The Balaban J connectivity index is 2.02. The molecule has 106 valence electrons. The lowest BCUT2D eigenvalue weighted by molar-refractivity contribution is 0.314. The van der Waals surface area contributed by atoms with Crippen LogP contribution in [0.25, 0.3) is 0 Å². The Morgan fingerprint density at radius 3 is 2.79 bits per heavy atom. The van der Waals surface area contributed by atoms with Crippen molar-refractivity contribution in [2.24, 2.45) is 0 Å². The fraction of sp³-hybridized carbons (Fsp3) is 0.625. The summed E-state index contributed by atoms with van der Waals surface area (Å²) in [5.41, 5.74) is 4.09. The molecule has 1 atom stereocenters. The Morgan fingerprint density at radius 2 is 2.21 bits per heavy atom. The molecule has 1 heterocycles. The van der Waals surface area contributed by atoms with E-state index in [0.29, 0.717) is 6.04 Å². The normalized spacial score (nSPS) is 19.9. The highest BCUT2D eigenvalue weighted by Gasteiger charge is 2.22. The first kappa shape index (κ1) is 14.4. The zero-order chi connectivity index (χ0) is 13.8. The van der Waals surface area contributed by atoms with E-state index in [-0.39, 0.29) is 0 Å². The topological polar surface area (TPSA) is 18.5 Å². The van der Waals surface area contributed by atoms with Crippen molar-refractivity contribution < 1.29 is 0 Å². The number of anilines is 1. The van der Waals surface area contributed by atoms with Gasteiger partial charge in [-0.05, 0) is 63.7 Å². The van der Waals surface area contributed by atoms with Gasteiger partial charge in [-0.15, -0.1) is 0 Å². The molecule has 1 unspecified atom stereocenters. The van der Waals surface area contributed by atoms with Gasteiger partial charge in [0.25, 0.3) is 0 Å². The van der Waals surface area contributed by atoms with Crippen molar-refractivity contribution in [1.82, 2.24) is 10.2 Å². The SMILES string of the molecule is CNCc1ccc(N(C)CC2CCCN2C)cc1C. The van der Waals surface area contributed by atoms with Crippen LogP contribution in [0.15, 0.2) is 18.2 Å². The van der Waals surface area contributed by atoms with Crippen LogP contribution in [0.5, 0.6) is 0 Å². The van der Waals surface area contributed by atoms with Gasteiger partial charge < -0.3 is 15.1 Å². The fourth-order valence-corrected chi connectivity index (χ4v) is 2.94. The van der Waals surface area contributed by atoms with Crippen molar-refractivity contribution in [3.63, 3.8) is 0 Å². The molecule has 1 saturated heterocycles. The smallest absolute Gasteiger partial charge is 0.0367 e. The van der Waals surface area contributed by atoms with Crippen LogP contribution < -0.4 is 10.2 Å². The van der Waals surface area contributed by atoms with E-state index in [0.717, 1.165) is 13.1 Å². The van der Waals surface area contributed by atoms with Crippen LogP contribution in [0.4, 0.5) is 5.69 Å². The molecule has 1 aromatic carbocycles. The zero-order valence-corrected chi connectivity index (χ0v) is 12.7. The Hall–Kier alpha value is -1.06. The fourth-order valence-electron chi connectivity index (χ4n) is 2.94. The summed E-state index contributed by atoms with van der Waals surface area (Å²) < 4.78 is 0. The number of likely N-dealkylation sites (N-methyl/N-ethyl adjacent to an activating group) is 2. The van der Waals surface area contributed by atoms with Crippen molar-refractivity contribution in [2.75, 3.05) is 39.1 Å². The molecule has 0 saturated carbocycles. The van der Waals surface area contributed by atoms with Crippen LogP contribution >= 0.6 is 0 Å². The number of rotatable bonds is 5. The largest absolute Gasteiger partial charge is 0.373 e. The lowest BCUT2D eigenvalue weighted by atomic mass is 10.1. The average molecular weight is 261 g/mol. The van der Waals surface area contributed by atoms with Crippen molar-refractivity contribution in [3.05, 3.63) is 29.3 Å². The molecule has 1 aliphatic rings. The van der Waals surface area contributed by atoms with E-state index < -0.39 is 0 Å². The predicted molar refractivity (Wildman–Crippen MR) is 82.9 cm³/mol. The second-order valence-electron chi connectivity index (χ2n) is 5.80. The first-order valence-corrected chi connectivity index (χ1v) is 7.27. The second-order valence-corrected chi connectivity index (χ2v) is 5.80. The molecule has 1 aromatic rings. The number of hydrogen-bond acceptors (Lipinski definition) is 3. The van der Waals surface area contributed by atoms with Gasteiger partial charge in [0.2, 0.25) is 0 Å². The maximum atomic E-state index is 3.22. The van der Waals surface area contributed by atoms with Crippen molar-refractivity contribution in [1.29, 1.82) is 0 Å². The van der Waals surface area contributed by atoms with Crippen molar-refractivity contribution in [2.45, 2.75) is 32.4 Å². The average Bonchev–Trinajstić information content (AvgIpc) is 2.78. The van der Waals surface area contributed by atoms with Gasteiger partial charge in [-0.1, -0.05) is 6.07 Å². The second kappa shape index (κ2) is 6.40. The highest BCUT2D eigenvalue weighted by atomic mass is 15.2. The van der Waals surface area contributed by atoms with Crippen LogP contribution in [0, 0.1) is 6.92 Å². The highest BCUT2D eigenvalue weighted by molar-refractivity contribution is 5.50. The highest BCUT2D eigenvalue weighted by Crippen LogP contribution is 2.21.